The first-order valence-corrected chi connectivity index (χ1v) is 9.73. The second-order valence-corrected chi connectivity index (χ2v) is 7.81. The standard InChI is InChI=1S/C20H29N5OS/c1-23(2)17-9-6-8-16(12-17)15-25(5)20(22-14-19(26)24(3)4)21-13-18-10-7-11-27-18/h6-12H,13-15H2,1-5H3,(H,21,22). The zero-order chi connectivity index (χ0) is 19.8. The number of rotatable bonds is 7. The average Bonchev–Trinajstić information content (AvgIpc) is 3.15. The Morgan fingerprint density at radius 2 is 1.89 bits per heavy atom. The third-order valence-electron chi connectivity index (χ3n) is 4.07. The van der Waals surface area contributed by atoms with Gasteiger partial charge in [-0.3, -0.25) is 4.79 Å². The Morgan fingerprint density at radius 1 is 1.11 bits per heavy atom. The van der Waals surface area contributed by atoms with E-state index < -0.39 is 0 Å². The molecular formula is C20H29N5OS. The van der Waals surface area contributed by atoms with Crippen molar-refractivity contribution in [3.8, 4) is 0 Å². The van der Waals surface area contributed by atoms with Gasteiger partial charge in [0.05, 0.1) is 6.54 Å². The van der Waals surface area contributed by atoms with Crippen molar-refractivity contribution in [1.82, 2.24) is 15.1 Å². The smallest absolute Gasteiger partial charge is 0.243 e. The van der Waals surface area contributed by atoms with E-state index in [4.69, 9.17) is 0 Å². The van der Waals surface area contributed by atoms with Gasteiger partial charge >= 0.3 is 0 Å². The number of likely N-dealkylation sites (N-methyl/N-ethyl adjacent to an activating group) is 1. The molecule has 1 aromatic heterocycles. The largest absolute Gasteiger partial charge is 0.378 e. The molecule has 0 fully saturated rings. The minimum Gasteiger partial charge on any atom is -0.378 e. The summed E-state index contributed by atoms with van der Waals surface area (Å²) in [7, 11) is 9.54. The van der Waals surface area contributed by atoms with E-state index in [2.05, 4.69) is 50.9 Å². The Balaban J connectivity index is 2.11. The van der Waals surface area contributed by atoms with Gasteiger partial charge in [-0.15, -0.1) is 11.3 Å². The first-order valence-electron chi connectivity index (χ1n) is 8.85. The van der Waals surface area contributed by atoms with E-state index in [0.717, 1.165) is 5.69 Å². The molecule has 0 aliphatic carbocycles. The van der Waals surface area contributed by atoms with Crippen LogP contribution in [0.2, 0.25) is 0 Å². The molecule has 0 bridgehead atoms. The highest BCUT2D eigenvalue weighted by Gasteiger charge is 2.11. The minimum atomic E-state index is -0.0200. The molecule has 7 heteroatoms. The molecule has 2 rings (SSSR count). The van der Waals surface area contributed by atoms with Gasteiger partial charge in [0.25, 0.3) is 0 Å². The number of hydrogen-bond donors (Lipinski definition) is 1. The van der Waals surface area contributed by atoms with Crippen molar-refractivity contribution in [1.29, 1.82) is 0 Å². The molecule has 0 atom stereocenters. The van der Waals surface area contributed by atoms with Crippen LogP contribution in [0.4, 0.5) is 5.69 Å². The maximum absolute atomic E-state index is 11.9. The van der Waals surface area contributed by atoms with E-state index in [0.29, 0.717) is 19.0 Å². The molecule has 0 unspecified atom stereocenters. The van der Waals surface area contributed by atoms with E-state index in [1.54, 1.807) is 30.3 Å². The van der Waals surface area contributed by atoms with E-state index in [9.17, 15) is 4.79 Å². The van der Waals surface area contributed by atoms with Crippen molar-refractivity contribution in [2.75, 3.05) is 46.7 Å². The van der Waals surface area contributed by atoms with Crippen LogP contribution in [-0.2, 0) is 17.9 Å². The summed E-state index contributed by atoms with van der Waals surface area (Å²) in [5, 5.41) is 5.43. The molecule has 6 nitrogen and oxygen atoms in total. The molecule has 27 heavy (non-hydrogen) atoms. The van der Waals surface area contributed by atoms with Crippen molar-refractivity contribution in [2.45, 2.75) is 13.1 Å². The number of benzene rings is 1. The molecule has 0 saturated heterocycles. The summed E-state index contributed by atoms with van der Waals surface area (Å²) >= 11 is 1.70. The molecule has 0 saturated carbocycles. The summed E-state index contributed by atoms with van der Waals surface area (Å²) < 4.78 is 0. The van der Waals surface area contributed by atoms with E-state index >= 15 is 0 Å². The molecule has 0 aliphatic rings. The number of nitrogens with one attached hydrogen (secondary N) is 1. The Kier molecular flexibility index (Phi) is 7.67. The highest BCUT2D eigenvalue weighted by Crippen LogP contribution is 2.15. The number of carbonyl (C=O) groups is 1. The fourth-order valence-electron chi connectivity index (χ4n) is 2.46. The lowest BCUT2D eigenvalue weighted by Crippen LogP contribution is -2.39. The predicted octanol–water partition coefficient (Wildman–Crippen LogP) is 2.48. The van der Waals surface area contributed by atoms with Gasteiger partial charge in [-0.2, -0.15) is 0 Å². The van der Waals surface area contributed by atoms with Crippen LogP contribution in [0.25, 0.3) is 0 Å². The van der Waals surface area contributed by atoms with Crippen molar-refractivity contribution in [3.05, 3.63) is 52.2 Å². The van der Waals surface area contributed by atoms with Crippen LogP contribution in [-0.4, -0.2) is 63.4 Å². The zero-order valence-electron chi connectivity index (χ0n) is 16.8. The van der Waals surface area contributed by atoms with Gasteiger partial charge < -0.3 is 20.0 Å². The molecule has 1 heterocycles. The number of thiophene rings is 1. The summed E-state index contributed by atoms with van der Waals surface area (Å²) in [6.07, 6.45) is 0. The number of hydrogen-bond acceptors (Lipinski definition) is 4. The van der Waals surface area contributed by atoms with Gasteiger partial charge in [-0.1, -0.05) is 18.2 Å². The van der Waals surface area contributed by atoms with E-state index in [1.165, 1.54) is 10.4 Å². The fourth-order valence-corrected chi connectivity index (χ4v) is 3.10. The summed E-state index contributed by atoms with van der Waals surface area (Å²) in [5.74, 6) is 0.697. The molecule has 1 aromatic carbocycles. The van der Waals surface area contributed by atoms with Gasteiger partial charge in [-0.05, 0) is 29.1 Å². The lowest BCUT2D eigenvalue weighted by Gasteiger charge is -2.23. The maximum Gasteiger partial charge on any atom is 0.243 e. The topological polar surface area (TPSA) is 51.2 Å². The molecule has 1 N–H and O–H groups in total. The number of anilines is 1. The second kappa shape index (κ2) is 9.97. The number of guanidine groups is 1. The Morgan fingerprint density at radius 3 is 2.52 bits per heavy atom. The van der Waals surface area contributed by atoms with Crippen LogP contribution in [0.3, 0.4) is 0 Å². The molecule has 0 radical (unpaired) electrons. The summed E-state index contributed by atoms with van der Waals surface area (Å²) in [6, 6.07) is 12.5. The quantitative estimate of drug-likeness (QED) is 0.586. The molecule has 146 valence electrons. The fraction of sp³-hybridized carbons (Fsp3) is 0.400. The Bertz CT molecular complexity index is 755. The van der Waals surface area contributed by atoms with Crippen LogP contribution >= 0.6 is 11.3 Å². The lowest BCUT2D eigenvalue weighted by molar-refractivity contribution is -0.127. The van der Waals surface area contributed by atoms with Crippen LogP contribution in [0, 0.1) is 0 Å². The maximum atomic E-state index is 11.9. The van der Waals surface area contributed by atoms with Crippen LogP contribution in [0.5, 0.6) is 0 Å². The van der Waals surface area contributed by atoms with Crippen molar-refractivity contribution < 1.29 is 4.79 Å². The highest BCUT2D eigenvalue weighted by molar-refractivity contribution is 7.09. The minimum absolute atomic E-state index is 0.0200. The normalized spacial score (nSPS) is 11.2. The van der Waals surface area contributed by atoms with E-state index in [-0.39, 0.29) is 12.5 Å². The third-order valence-corrected chi connectivity index (χ3v) is 4.95. The predicted molar refractivity (Wildman–Crippen MR) is 114 cm³/mol. The van der Waals surface area contributed by atoms with Crippen molar-refractivity contribution >= 4 is 28.9 Å². The van der Waals surface area contributed by atoms with Crippen LogP contribution < -0.4 is 10.2 Å². The third kappa shape index (κ3) is 6.60. The number of carbonyl (C=O) groups excluding carboxylic acids is 1. The van der Waals surface area contributed by atoms with Gasteiger partial charge in [0, 0.05) is 52.3 Å². The summed E-state index contributed by atoms with van der Waals surface area (Å²) in [5.41, 5.74) is 2.35. The van der Waals surface area contributed by atoms with Gasteiger partial charge in [0.1, 0.15) is 6.54 Å². The first kappa shape index (κ1) is 20.8. The van der Waals surface area contributed by atoms with Crippen molar-refractivity contribution in [3.63, 3.8) is 0 Å². The highest BCUT2D eigenvalue weighted by atomic mass is 32.1. The number of amides is 1. The molecule has 0 aliphatic heterocycles. The lowest BCUT2D eigenvalue weighted by atomic mass is 10.2. The van der Waals surface area contributed by atoms with Crippen molar-refractivity contribution in [2.24, 2.45) is 4.99 Å². The van der Waals surface area contributed by atoms with E-state index in [1.807, 2.05) is 32.1 Å². The number of nitrogens with zero attached hydrogens (tertiary/aromatic N) is 4. The molecule has 0 spiro atoms. The number of aliphatic imine (C=N–C) groups is 1. The average molecular weight is 388 g/mol. The molecule has 1 amide bonds. The first-order chi connectivity index (χ1) is 12.9. The molecule has 2 aromatic rings. The Hall–Kier alpha value is -2.54. The SMILES string of the molecule is CN(C)C(=O)CN=C(NCc1cccs1)N(C)Cc1cccc(N(C)C)c1. The Labute approximate surface area is 166 Å². The van der Waals surface area contributed by atoms with Gasteiger partial charge in [-0.25, -0.2) is 4.99 Å². The summed E-state index contributed by atoms with van der Waals surface area (Å²) in [6.45, 7) is 1.52. The van der Waals surface area contributed by atoms with Crippen LogP contribution in [0.15, 0.2) is 46.8 Å². The second-order valence-electron chi connectivity index (χ2n) is 6.78. The monoisotopic (exact) mass is 387 g/mol. The molecular weight excluding hydrogens is 358 g/mol. The van der Waals surface area contributed by atoms with Crippen LogP contribution in [0.1, 0.15) is 10.4 Å². The zero-order valence-corrected chi connectivity index (χ0v) is 17.6. The van der Waals surface area contributed by atoms with Gasteiger partial charge in [0.15, 0.2) is 5.96 Å². The van der Waals surface area contributed by atoms with Gasteiger partial charge in [0.2, 0.25) is 5.91 Å². The summed E-state index contributed by atoms with van der Waals surface area (Å²) in [4.78, 5) is 23.4.